The van der Waals surface area contributed by atoms with Gasteiger partial charge in [-0.2, -0.15) is 0 Å². The van der Waals surface area contributed by atoms with Crippen LogP contribution in [0.4, 0.5) is 4.79 Å². The van der Waals surface area contributed by atoms with Crippen LogP contribution in [0.5, 0.6) is 0 Å². The number of piperazine rings is 1. The van der Waals surface area contributed by atoms with E-state index >= 15 is 0 Å². The summed E-state index contributed by atoms with van der Waals surface area (Å²) in [5.74, 6) is 0.943. The molecule has 2 aliphatic rings. The van der Waals surface area contributed by atoms with Gasteiger partial charge in [-0.1, -0.05) is 0 Å². The van der Waals surface area contributed by atoms with Gasteiger partial charge in [0.15, 0.2) is 0 Å². The van der Waals surface area contributed by atoms with E-state index in [1.165, 1.54) is 7.11 Å². The van der Waals surface area contributed by atoms with Crippen LogP contribution in [0.1, 0.15) is 18.7 Å². The summed E-state index contributed by atoms with van der Waals surface area (Å²) in [6.45, 7) is 7.28. The van der Waals surface area contributed by atoms with Crippen molar-refractivity contribution in [3.8, 4) is 0 Å². The summed E-state index contributed by atoms with van der Waals surface area (Å²) < 4.78 is 12.5. The molecule has 2 fully saturated rings. The Kier molecular flexibility index (Phi) is 6.50. The number of ether oxygens (including phenoxy) is 2. The third kappa shape index (κ3) is 4.27. The van der Waals surface area contributed by atoms with Crippen molar-refractivity contribution in [3.05, 3.63) is 12.2 Å². The van der Waals surface area contributed by atoms with E-state index in [-0.39, 0.29) is 12.0 Å². The highest BCUT2D eigenvalue weighted by Gasteiger charge is 2.44. The Hall–Kier alpha value is -2.20. The Morgan fingerprint density at radius 1 is 1.04 bits per heavy atom. The van der Waals surface area contributed by atoms with E-state index in [9.17, 15) is 9.59 Å². The fourth-order valence-corrected chi connectivity index (χ4v) is 3.93. The van der Waals surface area contributed by atoms with Gasteiger partial charge in [0.25, 0.3) is 5.91 Å². The molecule has 0 N–H and O–H groups in total. The molecule has 10 heteroatoms. The van der Waals surface area contributed by atoms with Crippen molar-refractivity contribution in [2.24, 2.45) is 0 Å². The van der Waals surface area contributed by atoms with Crippen LogP contribution in [0.2, 0.25) is 0 Å². The van der Waals surface area contributed by atoms with Crippen LogP contribution in [0.15, 0.2) is 6.33 Å². The fourth-order valence-electron chi connectivity index (χ4n) is 3.93. The molecule has 156 valence electrons. The van der Waals surface area contributed by atoms with Crippen molar-refractivity contribution in [1.29, 1.82) is 0 Å². The summed E-state index contributed by atoms with van der Waals surface area (Å²) in [6, 6.07) is 0. The minimum absolute atomic E-state index is 0.0359. The molecule has 2 amide bonds. The fraction of sp³-hybridized carbons (Fsp3) is 0.778. The number of carbonyl (C=O) groups is 2. The van der Waals surface area contributed by atoms with Crippen LogP contribution in [-0.2, 0) is 20.8 Å². The van der Waals surface area contributed by atoms with Crippen LogP contribution in [0.25, 0.3) is 0 Å². The van der Waals surface area contributed by atoms with E-state index < -0.39 is 5.60 Å². The van der Waals surface area contributed by atoms with Gasteiger partial charge < -0.3 is 28.7 Å². The molecule has 2 saturated heterocycles. The molecule has 0 saturated carbocycles. The zero-order valence-corrected chi connectivity index (χ0v) is 17.0. The number of aryl methyl sites for hydroxylation is 1. The maximum atomic E-state index is 13.2. The predicted molar refractivity (Wildman–Crippen MR) is 101 cm³/mol. The second kappa shape index (κ2) is 8.87. The molecule has 0 radical (unpaired) electrons. The molecule has 0 atom stereocenters. The average Bonchev–Trinajstić information content (AvgIpc) is 3.16. The standard InChI is InChI=1S/C18H30N6O4/c1-15-20-19-14-24(15)9-8-21-6-4-18(28-3,5-7-21)16(25)22-10-12-23(13-11-22)17(26)27-2/h14H,4-13H2,1-3H3. The third-order valence-corrected chi connectivity index (χ3v) is 5.91. The molecule has 0 bridgehead atoms. The molecule has 0 aromatic carbocycles. The Morgan fingerprint density at radius 2 is 1.68 bits per heavy atom. The van der Waals surface area contributed by atoms with Crippen molar-refractivity contribution in [3.63, 3.8) is 0 Å². The molecule has 10 nitrogen and oxygen atoms in total. The van der Waals surface area contributed by atoms with Crippen molar-refractivity contribution in [2.45, 2.75) is 31.9 Å². The predicted octanol–water partition coefficient (Wildman–Crippen LogP) is -0.0219. The highest BCUT2D eigenvalue weighted by molar-refractivity contribution is 5.85. The van der Waals surface area contributed by atoms with Crippen LogP contribution in [0, 0.1) is 6.92 Å². The molecule has 2 aliphatic heterocycles. The lowest BCUT2D eigenvalue weighted by Gasteiger charge is -2.44. The Morgan fingerprint density at radius 3 is 2.21 bits per heavy atom. The van der Waals surface area contributed by atoms with Gasteiger partial charge in [0.05, 0.1) is 7.11 Å². The minimum atomic E-state index is -0.767. The van der Waals surface area contributed by atoms with Gasteiger partial charge in [-0.05, 0) is 19.8 Å². The summed E-state index contributed by atoms with van der Waals surface area (Å²) in [7, 11) is 3.00. The molecule has 28 heavy (non-hydrogen) atoms. The molecule has 0 spiro atoms. The quantitative estimate of drug-likeness (QED) is 0.693. The van der Waals surface area contributed by atoms with Crippen LogP contribution < -0.4 is 0 Å². The first-order valence-electron chi connectivity index (χ1n) is 9.73. The molecule has 1 aromatic heterocycles. The maximum absolute atomic E-state index is 13.2. The summed E-state index contributed by atoms with van der Waals surface area (Å²) >= 11 is 0. The lowest BCUT2D eigenvalue weighted by molar-refractivity contribution is -0.162. The first-order valence-corrected chi connectivity index (χ1v) is 9.73. The third-order valence-electron chi connectivity index (χ3n) is 5.91. The van der Waals surface area contributed by atoms with E-state index in [1.807, 2.05) is 16.4 Å². The van der Waals surface area contributed by atoms with E-state index in [0.29, 0.717) is 39.0 Å². The monoisotopic (exact) mass is 394 g/mol. The Labute approximate surface area is 165 Å². The van der Waals surface area contributed by atoms with Gasteiger partial charge in [0, 0.05) is 59.5 Å². The lowest BCUT2D eigenvalue weighted by Crippen LogP contribution is -2.60. The second-order valence-corrected chi connectivity index (χ2v) is 7.36. The highest BCUT2D eigenvalue weighted by Crippen LogP contribution is 2.28. The number of nitrogens with zero attached hydrogens (tertiary/aromatic N) is 6. The van der Waals surface area contributed by atoms with Crippen molar-refractivity contribution < 1.29 is 19.1 Å². The first-order chi connectivity index (χ1) is 13.5. The molecular weight excluding hydrogens is 364 g/mol. The Balaban J connectivity index is 1.51. The topological polar surface area (TPSA) is 93.0 Å². The number of rotatable bonds is 5. The molecule has 0 aliphatic carbocycles. The van der Waals surface area contributed by atoms with Gasteiger partial charge in [0.1, 0.15) is 17.8 Å². The lowest BCUT2D eigenvalue weighted by atomic mass is 9.89. The number of hydrogen-bond donors (Lipinski definition) is 0. The minimum Gasteiger partial charge on any atom is -0.453 e. The van der Waals surface area contributed by atoms with Gasteiger partial charge >= 0.3 is 6.09 Å². The molecule has 1 aromatic rings. The first kappa shape index (κ1) is 20.5. The summed E-state index contributed by atoms with van der Waals surface area (Å²) in [4.78, 5) is 30.6. The van der Waals surface area contributed by atoms with Crippen molar-refractivity contribution in [1.82, 2.24) is 29.5 Å². The largest absolute Gasteiger partial charge is 0.453 e. The van der Waals surface area contributed by atoms with Crippen molar-refractivity contribution in [2.75, 3.05) is 60.0 Å². The van der Waals surface area contributed by atoms with Crippen molar-refractivity contribution >= 4 is 12.0 Å². The number of likely N-dealkylation sites (tertiary alicyclic amines) is 1. The highest BCUT2D eigenvalue weighted by atomic mass is 16.5. The summed E-state index contributed by atoms with van der Waals surface area (Å²) in [5.41, 5.74) is -0.767. The van der Waals surface area contributed by atoms with Gasteiger partial charge in [-0.25, -0.2) is 4.79 Å². The molecule has 3 heterocycles. The Bertz CT molecular complexity index is 677. The van der Waals surface area contributed by atoms with E-state index in [1.54, 1.807) is 18.3 Å². The summed E-state index contributed by atoms with van der Waals surface area (Å²) in [5, 5.41) is 7.92. The zero-order valence-electron chi connectivity index (χ0n) is 17.0. The van der Waals surface area contributed by atoms with Crippen LogP contribution in [0.3, 0.4) is 0 Å². The molecular formula is C18H30N6O4. The average molecular weight is 394 g/mol. The normalized spacial score (nSPS) is 20.2. The summed E-state index contributed by atoms with van der Waals surface area (Å²) in [6.07, 6.45) is 2.74. The maximum Gasteiger partial charge on any atom is 0.409 e. The molecule has 3 rings (SSSR count). The molecule has 0 unspecified atom stereocenters. The number of amides is 2. The van der Waals surface area contributed by atoms with Crippen LogP contribution >= 0.6 is 0 Å². The number of carbonyl (C=O) groups excluding carboxylic acids is 2. The second-order valence-electron chi connectivity index (χ2n) is 7.36. The number of aromatic nitrogens is 3. The van der Waals surface area contributed by atoms with Gasteiger partial charge in [0.2, 0.25) is 0 Å². The van der Waals surface area contributed by atoms with E-state index in [4.69, 9.17) is 9.47 Å². The van der Waals surface area contributed by atoms with E-state index in [2.05, 4.69) is 15.1 Å². The zero-order chi connectivity index (χ0) is 20.1. The van der Waals surface area contributed by atoms with Crippen LogP contribution in [-0.4, -0.2) is 107 Å². The smallest absolute Gasteiger partial charge is 0.409 e. The van der Waals surface area contributed by atoms with Gasteiger partial charge in [-0.3, -0.25) is 4.79 Å². The van der Waals surface area contributed by atoms with E-state index in [0.717, 1.165) is 32.0 Å². The van der Waals surface area contributed by atoms with Gasteiger partial charge in [-0.15, -0.1) is 10.2 Å². The number of methoxy groups -OCH3 is 2. The SMILES string of the molecule is COC(=O)N1CCN(C(=O)C2(OC)CCN(CCn3cnnc3C)CC2)CC1. The number of piperidine rings is 1. The number of hydrogen-bond acceptors (Lipinski definition) is 7.